The summed E-state index contributed by atoms with van der Waals surface area (Å²) < 4.78 is 24.1. The summed E-state index contributed by atoms with van der Waals surface area (Å²) >= 11 is 0. The molecule has 0 aromatic heterocycles. The molecule has 17 heavy (non-hydrogen) atoms. The van der Waals surface area contributed by atoms with E-state index in [1.165, 1.54) is 0 Å². The minimum absolute atomic E-state index is 0.0313. The number of nitrogens with one attached hydrogen (secondary N) is 1. The van der Waals surface area contributed by atoms with Crippen molar-refractivity contribution >= 4 is 0 Å². The fraction of sp³-hybridized carbons (Fsp3) is 0.462. The molecule has 0 amide bonds. The normalized spacial score (nSPS) is 27.5. The van der Waals surface area contributed by atoms with Gasteiger partial charge in [-0.2, -0.15) is 5.26 Å². The molecule has 1 aliphatic carbocycles. The van der Waals surface area contributed by atoms with Crippen LogP contribution in [0.5, 0.6) is 0 Å². The molecule has 4 heteroatoms. The molecule has 0 bridgehead atoms. The van der Waals surface area contributed by atoms with E-state index in [9.17, 15) is 14.0 Å². The molecule has 2 nitrogen and oxygen atoms in total. The van der Waals surface area contributed by atoms with E-state index in [1.807, 2.05) is 30.3 Å². The number of rotatable bonds is 4. The van der Waals surface area contributed by atoms with Gasteiger partial charge in [-0.25, -0.2) is 8.78 Å². The lowest BCUT2D eigenvalue weighted by Gasteiger charge is -2.43. The molecule has 0 aliphatic heterocycles. The van der Waals surface area contributed by atoms with Crippen LogP contribution in [0.3, 0.4) is 0 Å². The molecule has 0 atom stereocenters. The van der Waals surface area contributed by atoms with Gasteiger partial charge >= 0.3 is 0 Å². The second kappa shape index (κ2) is 4.80. The van der Waals surface area contributed by atoms with Gasteiger partial charge in [0.15, 0.2) is 0 Å². The van der Waals surface area contributed by atoms with E-state index >= 15 is 0 Å². The summed E-state index contributed by atoms with van der Waals surface area (Å²) in [5, 5.41) is 12.0. The highest BCUT2D eigenvalue weighted by molar-refractivity contribution is 5.36. The largest absolute Gasteiger partial charge is 0.308 e. The first-order valence-electron chi connectivity index (χ1n) is 5.64. The van der Waals surface area contributed by atoms with E-state index in [-0.39, 0.29) is 12.6 Å². The van der Waals surface area contributed by atoms with Gasteiger partial charge in [0.25, 0.3) is 6.43 Å². The summed E-state index contributed by atoms with van der Waals surface area (Å²) in [6.45, 7) is -0.291. The number of benzene rings is 1. The molecule has 90 valence electrons. The zero-order chi connectivity index (χ0) is 12.3. The summed E-state index contributed by atoms with van der Waals surface area (Å²) in [7, 11) is 0. The third kappa shape index (κ3) is 2.45. The van der Waals surface area contributed by atoms with E-state index in [1.54, 1.807) is 0 Å². The second-order valence-corrected chi connectivity index (χ2v) is 4.46. The van der Waals surface area contributed by atoms with E-state index in [0.717, 1.165) is 5.56 Å². The fourth-order valence-electron chi connectivity index (χ4n) is 2.33. The maximum absolute atomic E-state index is 12.0. The van der Waals surface area contributed by atoms with E-state index in [4.69, 9.17) is 0 Å². The Morgan fingerprint density at radius 1 is 1.35 bits per heavy atom. The molecule has 1 aliphatic rings. The quantitative estimate of drug-likeness (QED) is 0.871. The minimum atomic E-state index is -2.33. The Labute approximate surface area is 99.3 Å². The molecule has 1 fully saturated rings. The first-order valence-corrected chi connectivity index (χ1v) is 5.64. The number of hydrogen-bond acceptors (Lipinski definition) is 2. The van der Waals surface area contributed by atoms with Crippen LogP contribution in [0.15, 0.2) is 30.3 Å². The van der Waals surface area contributed by atoms with Crippen molar-refractivity contribution in [3.05, 3.63) is 35.9 Å². The highest BCUT2D eigenvalue weighted by Gasteiger charge is 2.45. The van der Waals surface area contributed by atoms with Gasteiger partial charge in [0.05, 0.1) is 18.0 Å². The summed E-state index contributed by atoms with van der Waals surface area (Å²) in [5.41, 5.74) is 0.499. The van der Waals surface area contributed by atoms with Crippen LogP contribution in [0, 0.1) is 11.3 Å². The third-order valence-corrected chi connectivity index (χ3v) is 3.29. The number of hydrogen-bond donors (Lipinski definition) is 1. The Morgan fingerprint density at radius 3 is 2.53 bits per heavy atom. The molecule has 1 aromatic rings. The molecule has 1 aromatic carbocycles. The third-order valence-electron chi connectivity index (χ3n) is 3.29. The Hall–Kier alpha value is -1.47. The first-order chi connectivity index (χ1) is 8.16. The lowest BCUT2D eigenvalue weighted by molar-refractivity contribution is 0.123. The molecule has 0 spiro atoms. The Balaban J connectivity index is 1.97. The fourth-order valence-corrected chi connectivity index (χ4v) is 2.33. The SMILES string of the molecule is N#CC1(c2ccccc2)CC(NCC(F)F)C1. The maximum Gasteiger partial charge on any atom is 0.250 e. The second-order valence-electron chi connectivity index (χ2n) is 4.46. The van der Waals surface area contributed by atoms with Crippen LogP contribution in [0.25, 0.3) is 0 Å². The summed E-state index contributed by atoms with van der Waals surface area (Å²) in [4.78, 5) is 0. The topological polar surface area (TPSA) is 35.8 Å². The molecule has 0 heterocycles. The zero-order valence-corrected chi connectivity index (χ0v) is 9.37. The number of halogens is 2. The Bertz CT molecular complexity index is 405. The average Bonchev–Trinajstić information content (AvgIpc) is 2.29. The summed E-state index contributed by atoms with van der Waals surface area (Å²) in [5.74, 6) is 0. The van der Waals surface area contributed by atoms with Crippen LogP contribution in [0.2, 0.25) is 0 Å². The molecule has 1 N–H and O–H groups in total. The number of nitriles is 1. The monoisotopic (exact) mass is 236 g/mol. The first kappa shape index (κ1) is 12.0. The highest BCUT2D eigenvalue weighted by Crippen LogP contribution is 2.43. The van der Waals surface area contributed by atoms with Crippen LogP contribution in [-0.4, -0.2) is 19.0 Å². The van der Waals surface area contributed by atoms with Crippen LogP contribution < -0.4 is 5.32 Å². The molecular weight excluding hydrogens is 222 g/mol. The molecule has 0 unspecified atom stereocenters. The van der Waals surface area contributed by atoms with Crippen LogP contribution in [0.1, 0.15) is 18.4 Å². The maximum atomic E-state index is 12.0. The van der Waals surface area contributed by atoms with Crippen molar-refractivity contribution in [3.8, 4) is 6.07 Å². The standard InChI is InChI=1S/C13H14F2N2/c14-12(15)8-17-11-6-13(7-11,9-16)10-4-2-1-3-5-10/h1-5,11-12,17H,6-8H2. The van der Waals surface area contributed by atoms with E-state index in [0.29, 0.717) is 12.8 Å². The van der Waals surface area contributed by atoms with Gasteiger partial charge in [-0.1, -0.05) is 30.3 Å². The van der Waals surface area contributed by atoms with Gasteiger partial charge in [0.2, 0.25) is 0 Å². The Morgan fingerprint density at radius 2 is 2.00 bits per heavy atom. The van der Waals surface area contributed by atoms with Gasteiger partial charge in [-0.3, -0.25) is 0 Å². The lowest BCUT2D eigenvalue weighted by atomic mass is 9.62. The minimum Gasteiger partial charge on any atom is -0.308 e. The summed E-state index contributed by atoms with van der Waals surface area (Å²) in [6, 6.07) is 11.9. The lowest BCUT2D eigenvalue weighted by Crippen LogP contribution is -2.51. The molecular formula is C13H14F2N2. The van der Waals surface area contributed by atoms with Crippen molar-refractivity contribution in [1.29, 1.82) is 5.26 Å². The van der Waals surface area contributed by atoms with Gasteiger partial charge in [-0.15, -0.1) is 0 Å². The Kier molecular flexibility index (Phi) is 3.39. The van der Waals surface area contributed by atoms with Crippen molar-refractivity contribution in [2.75, 3.05) is 6.54 Å². The van der Waals surface area contributed by atoms with Gasteiger partial charge in [-0.05, 0) is 18.4 Å². The van der Waals surface area contributed by atoms with Gasteiger partial charge in [0, 0.05) is 6.04 Å². The van der Waals surface area contributed by atoms with Crippen LogP contribution >= 0.6 is 0 Å². The zero-order valence-electron chi connectivity index (χ0n) is 9.37. The van der Waals surface area contributed by atoms with Crippen molar-refractivity contribution in [2.45, 2.75) is 30.7 Å². The van der Waals surface area contributed by atoms with Gasteiger partial charge in [0.1, 0.15) is 0 Å². The summed E-state index contributed by atoms with van der Waals surface area (Å²) in [6.07, 6.45) is -1.11. The number of nitrogens with zero attached hydrogens (tertiary/aromatic N) is 1. The molecule has 1 saturated carbocycles. The molecule has 2 rings (SSSR count). The van der Waals surface area contributed by atoms with Gasteiger partial charge < -0.3 is 5.32 Å². The van der Waals surface area contributed by atoms with Crippen molar-refractivity contribution in [2.24, 2.45) is 0 Å². The van der Waals surface area contributed by atoms with Crippen LogP contribution in [-0.2, 0) is 5.41 Å². The van der Waals surface area contributed by atoms with Crippen LogP contribution in [0.4, 0.5) is 8.78 Å². The smallest absolute Gasteiger partial charge is 0.250 e. The molecule has 0 saturated heterocycles. The molecule has 0 radical (unpaired) electrons. The predicted molar refractivity (Wildman–Crippen MR) is 60.8 cm³/mol. The van der Waals surface area contributed by atoms with E-state index in [2.05, 4.69) is 11.4 Å². The van der Waals surface area contributed by atoms with Crippen molar-refractivity contribution in [3.63, 3.8) is 0 Å². The van der Waals surface area contributed by atoms with Crippen molar-refractivity contribution in [1.82, 2.24) is 5.32 Å². The average molecular weight is 236 g/mol. The predicted octanol–water partition coefficient (Wildman–Crippen LogP) is 2.47. The van der Waals surface area contributed by atoms with Crippen molar-refractivity contribution < 1.29 is 8.78 Å². The highest BCUT2D eigenvalue weighted by atomic mass is 19.3. The number of alkyl halides is 2. The van der Waals surface area contributed by atoms with E-state index < -0.39 is 11.8 Å².